The van der Waals surface area contributed by atoms with Crippen molar-refractivity contribution in [3.63, 3.8) is 0 Å². The van der Waals surface area contributed by atoms with Crippen LogP contribution in [0.4, 0.5) is 4.39 Å². The molecule has 1 aliphatic heterocycles. The minimum Gasteiger partial charge on any atom is -0.353 e. The number of rotatable bonds is 6. The number of nitrogens with zero attached hydrogens (tertiary/aromatic N) is 4. The summed E-state index contributed by atoms with van der Waals surface area (Å²) < 4.78 is 45.5. The van der Waals surface area contributed by atoms with Gasteiger partial charge in [0.2, 0.25) is 27.6 Å². The zero-order chi connectivity index (χ0) is 21.1. The third kappa shape index (κ3) is 4.36. The van der Waals surface area contributed by atoms with Gasteiger partial charge in [0.1, 0.15) is 11.9 Å². The predicted octanol–water partition coefficient (Wildman–Crippen LogP) is 1.14. The largest absolute Gasteiger partial charge is 0.353 e. The molecule has 1 atom stereocenters. The summed E-state index contributed by atoms with van der Waals surface area (Å²) in [7, 11) is -3.84. The molecule has 0 aliphatic carbocycles. The number of pyridine rings is 1. The van der Waals surface area contributed by atoms with E-state index in [0.29, 0.717) is 17.0 Å². The lowest BCUT2D eigenvalue weighted by molar-refractivity contribution is -0.126. The van der Waals surface area contributed by atoms with Gasteiger partial charge in [0.15, 0.2) is 0 Å². The van der Waals surface area contributed by atoms with Gasteiger partial charge in [0.05, 0.1) is 12.2 Å². The Morgan fingerprint density at radius 3 is 2.63 bits per heavy atom. The van der Waals surface area contributed by atoms with Gasteiger partial charge in [0.25, 0.3) is 0 Å². The van der Waals surface area contributed by atoms with Crippen molar-refractivity contribution < 1.29 is 22.1 Å². The van der Waals surface area contributed by atoms with Gasteiger partial charge >= 0.3 is 0 Å². The summed E-state index contributed by atoms with van der Waals surface area (Å²) in [5.41, 5.74) is 1.12. The fourth-order valence-electron chi connectivity index (χ4n) is 3.22. The Kier molecular flexibility index (Phi) is 5.55. The Hall–Kier alpha value is -3.18. The van der Waals surface area contributed by atoms with Crippen molar-refractivity contribution in [2.45, 2.75) is 18.2 Å². The van der Waals surface area contributed by atoms with Gasteiger partial charge in [0, 0.05) is 31.0 Å². The summed E-state index contributed by atoms with van der Waals surface area (Å²) in [5.74, 6) is -0.765. The van der Waals surface area contributed by atoms with Crippen molar-refractivity contribution in [3.8, 4) is 11.4 Å². The van der Waals surface area contributed by atoms with Crippen LogP contribution in [-0.4, -0.2) is 52.9 Å². The first-order valence-corrected chi connectivity index (χ1v) is 10.8. The highest BCUT2D eigenvalue weighted by Crippen LogP contribution is 2.21. The Morgan fingerprint density at radius 1 is 1.17 bits per heavy atom. The summed E-state index contributed by atoms with van der Waals surface area (Å²) in [4.78, 5) is 20.7. The van der Waals surface area contributed by atoms with Crippen LogP contribution in [-0.2, 0) is 27.0 Å². The Labute approximate surface area is 172 Å². The number of carbonyl (C=O) groups excluding carboxylic acids is 1. The molecule has 156 valence electrons. The molecule has 3 heterocycles. The zero-order valence-electron chi connectivity index (χ0n) is 15.7. The number of halogens is 1. The van der Waals surface area contributed by atoms with E-state index < -0.39 is 27.8 Å². The van der Waals surface area contributed by atoms with Crippen LogP contribution in [0, 0.1) is 5.82 Å². The molecule has 1 aliphatic rings. The number of benzene rings is 1. The maximum absolute atomic E-state index is 13.1. The monoisotopic (exact) mass is 431 g/mol. The highest BCUT2D eigenvalue weighted by Gasteiger charge is 2.38. The van der Waals surface area contributed by atoms with Crippen molar-refractivity contribution >= 4 is 15.9 Å². The van der Waals surface area contributed by atoms with Crippen LogP contribution < -0.4 is 5.32 Å². The molecule has 1 saturated heterocycles. The summed E-state index contributed by atoms with van der Waals surface area (Å²) in [6.07, 6.45) is 3.11. The van der Waals surface area contributed by atoms with E-state index in [9.17, 15) is 17.6 Å². The van der Waals surface area contributed by atoms with Gasteiger partial charge < -0.3 is 9.84 Å². The van der Waals surface area contributed by atoms with E-state index >= 15 is 0 Å². The second-order valence-corrected chi connectivity index (χ2v) is 8.67. The smallest absolute Gasteiger partial charge is 0.239 e. The van der Waals surface area contributed by atoms with Crippen molar-refractivity contribution in [1.82, 2.24) is 24.7 Å². The molecule has 4 rings (SSSR count). The van der Waals surface area contributed by atoms with Crippen LogP contribution in [0.2, 0.25) is 0 Å². The molecule has 1 fully saturated rings. The average Bonchev–Trinajstić information content (AvgIpc) is 3.20. The van der Waals surface area contributed by atoms with E-state index in [1.165, 1.54) is 24.3 Å². The molecule has 9 nitrogen and oxygen atoms in total. The first kappa shape index (κ1) is 20.1. The fourth-order valence-corrected chi connectivity index (χ4v) is 4.92. The third-order valence-corrected chi connectivity index (χ3v) is 6.53. The first-order valence-electron chi connectivity index (χ1n) is 9.17. The maximum atomic E-state index is 13.1. The summed E-state index contributed by atoms with van der Waals surface area (Å²) in [6.45, 7) is 0.315. The molecule has 30 heavy (non-hydrogen) atoms. The van der Waals surface area contributed by atoms with E-state index in [4.69, 9.17) is 4.52 Å². The van der Waals surface area contributed by atoms with Gasteiger partial charge in [-0.2, -0.15) is 9.29 Å². The van der Waals surface area contributed by atoms with E-state index in [0.717, 1.165) is 4.31 Å². The van der Waals surface area contributed by atoms with Gasteiger partial charge in [-0.1, -0.05) is 17.3 Å². The minimum atomic E-state index is -3.84. The second kappa shape index (κ2) is 8.28. The molecule has 1 N–H and O–H groups in total. The highest BCUT2D eigenvalue weighted by atomic mass is 32.2. The lowest BCUT2D eigenvalue weighted by Gasteiger charge is -2.33. The SMILES string of the molecule is O=C1NCCN(S(=O)(=O)Cc2ccc(F)cc2)C1Cc1nc(-c2ccncc2)no1. The van der Waals surface area contributed by atoms with Crippen LogP contribution in [0.25, 0.3) is 11.4 Å². The molecular weight excluding hydrogens is 413 g/mol. The number of piperazine rings is 1. The Morgan fingerprint density at radius 2 is 1.90 bits per heavy atom. The molecule has 2 aromatic heterocycles. The normalized spacial score (nSPS) is 17.6. The number of sulfonamides is 1. The van der Waals surface area contributed by atoms with Crippen molar-refractivity contribution in [1.29, 1.82) is 0 Å². The molecule has 0 spiro atoms. The molecule has 11 heteroatoms. The second-order valence-electron chi connectivity index (χ2n) is 6.75. The van der Waals surface area contributed by atoms with Crippen LogP contribution in [0.1, 0.15) is 11.5 Å². The summed E-state index contributed by atoms with van der Waals surface area (Å²) in [6, 6.07) is 7.61. The number of hydrogen-bond donors (Lipinski definition) is 1. The van der Waals surface area contributed by atoms with Gasteiger partial charge in [-0.3, -0.25) is 9.78 Å². The average molecular weight is 431 g/mol. The molecule has 0 radical (unpaired) electrons. The number of amides is 1. The maximum Gasteiger partial charge on any atom is 0.239 e. The zero-order valence-corrected chi connectivity index (χ0v) is 16.5. The highest BCUT2D eigenvalue weighted by molar-refractivity contribution is 7.88. The molecule has 1 amide bonds. The van der Waals surface area contributed by atoms with Crippen LogP contribution in [0.15, 0.2) is 53.3 Å². The molecule has 1 unspecified atom stereocenters. The molecule has 1 aromatic carbocycles. The van der Waals surface area contributed by atoms with Crippen LogP contribution >= 0.6 is 0 Å². The predicted molar refractivity (Wildman–Crippen MR) is 104 cm³/mol. The molecular formula is C19H18FN5O4S. The molecule has 0 bridgehead atoms. The quantitative estimate of drug-likeness (QED) is 0.622. The fraction of sp³-hybridized carbons (Fsp3) is 0.263. The molecule has 0 saturated carbocycles. The van der Waals surface area contributed by atoms with Crippen molar-refractivity contribution in [3.05, 3.63) is 66.1 Å². The van der Waals surface area contributed by atoms with E-state index in [-0.39, 0.29) is 31.2 Å². The number of hydrogen-bond acceptors (Lipinski definition) is 7. The number of aromatic nitrogens is 3. The standard InChI is InChI=1S/C19H18FN5O4S/c20-15-3-1-13(2-4-15)12-30(27,28)25-10-9-22-19(26)16(25)11-17-23-18(24-29-17)14-5-7-21-8-6-14/h1-8,16H,9-12H2,(H,22,26). The van der Waals surface area contributed by atoms with Gasteiger partial charge in [-0.15, -0.1) is 0 Å². The third-order valence-electron chi connectivity index (χ3n) is 4.68. The lowest BCUT2D eigenvalue weighted by Crippen LogP contribution is -2.58. The topological polar surface area (TPSA) is 118 Å². The first-order chi connectivity index (χ1) is 14.4. The van der Waals surface area contributed by atoms with Crippen molar-refractivity contribution in [2.24, 2.45) is 0 Å². The van der Waals surface area contributed by atoms with Crippen LogP contribution in [0.3, 0.4) is 0 Å². The molecule has 3 aromatic rings. The Balaban J connectivity index is 1.55. The van der Waals surface area contributed by atoms with E-state index in [1.54, 1.807) is 24.5 Å². The summed E-state index contributed by atoms with van der Waals surface area (Å²) in [5, 5.41) is 6.56. The summed E-state index contributed by atoms with van der Waals surface area (Å²) >= 11 is 0. The van der Waals surface area contributed by atoms with Crippen molar-refractivity contribution in [2.75, 3.05) is 13.1 Å². The number of carbonyl (C=O) groups is 1. The minimum absolute atomic E-state index is 0.0629. The number of nitrogens with one attached hydrogen (secondary N) is 1. The van der Waals surface area contributed by atoms with Gasteiger partial charge in [-0.05, 0) is 29.8 Å². The van der Waals surface area contributed by atoms with E-state index in [1.807, 2.05) is 0 Å². The van der Waals surface area contributed by atoms with Gasteiger partial charge in [-0.25, -0.2) is 12.8 Å². The Bertz CT molecular complexity index is 1140. The van der Waals surface area contributed by atoms with E-state index in [2.05, 4.69) is 20.4 Å². The van der Waals surface area contributed by atoms with Crippen LogP contribution in [0.5, 0.6) is 0 Å². The lowest BCUT2D eigenvalue weighted by atomic mass is 10.1.